The average molecular weight is 391 g/mol. The molecule has 3 heterocycles. The summed E-state index contributed by atoms with van der Waals surface area (Å²) in [6, 6.07) is 13.2. The molecule has 0 unspecified atom stereocenters. The van der Waals surface area contributed by atoms with Gasteiger partial charge in [0.15, 0.2) is 0 Å². The van der Waals surface area contributed by atoms with Crippen LogP contribution in [0.4, 0.5) is 0 Å². The molecule has 0 aliphatic heterocycles. The lowest BCUT2D eigenvalue weighted by Crippen LogP contribution is -2.27. The van der Waals surface area contributed by atoms with Crippen LogP contribution >= 0.6 is 0 Å². The van der Waals surface area contributed by atoms with Crippen molar-refractivity contribution in [3.8, 4) is 22.6 Å². The van der Waals surface area contributed by atoms with Crippen LogP contribution in [0.15, 0.2) is 53.2 Å². The zero-order valence-corrected chi connectivity index (χ0v) is 16.3. The summed E-state index contributed by atoms with van der Waals surface area (Å²) in [5.74, 6) is -0.244. The van der Waals surface area contributed by atoms with Crippen LogP contribution in [0.25, 0.3) is 33.7 Å². The normalized spacial score (nSPS) is 11.1. The van der Waals surface area contributed by atoms with E-state index < -0.39 is 0 Å². The Morgan fingerprint density at radius 1 is 1.21 bits per heavy atom. The molecule has 4 rings (SSSR count). The molecule has 1 N–H and O–H groups in total. The maximum atomic E-state index is 13.0. The Morgan fingerprint density at radius 3 is 2.76 bits per heavy atom. The number of aryl methyl sites for hydroxylation is 1. The smallest absolute Gasteiger partial charge is 0.259 e. The number of fused-ring (bicyclic) bond motifs is 1. The number of hydrogen-bond donors (Lipinski definition) is 1. The summed E-state index contributed by atoms with van der Waals surface area (Å²) >= 11 is 0. The molecule has 0 aliphatic carbocycles. The highest BCUT2D eigenvalue weighted by atomic mass is 16.5. The standard InChI is InChI=1S/C21H21N5O3/c1-3-26-11-9-16(24-26)17-13-15(20(27)22-10-12-28-2)18-19(25-29-21(18)23-17)14-7-5-4-6-8-14/h4-9,11,13H,3,10,12H2,1-2H3,(H,22,27). The van der Waals surface area contributed by atoms with Gasteiger partial charge in [-0.2, -0.15) is 5.10 Å². The molecule has 0 aliphatic rings. The molecule has 8 nitrogen and oxygen atoms in total. The van der Waals surface area contributed by atoms with Gasteiger partial charge >= 0.3 is 0 Å². The summed E-state index contributed by atoms with van der Waals surface area (Å²) in [5, 5.41) is 12.1. The first-order valence-electron chi connectivity index (χ1n) is 9.38. The second kappa shape index (κ2) is 8.24. The van der Waals surface area contributed by atoms with Gasteiger partial charge in [-0.25, -0.2) is 4.98 Å². The van der Waals surface area contributed by atoms with Gasteiger partial charge in [0, 0.05) is 32.0 Å². The van der Waals surface area contributed by atoms with E-state index in [2.05, 4.69) is 20.6 Å². The maximum Gasteiger partial charge on any atom is 0.259 e. The van der Waals surface area contributed by atoms with E-state index in [4.69, 9.17) is 9.26 Å². The molecule has 0 saturated heterocycles. The fourth-order valence-electron chi connectivity index (χ4n) is 3.09. The molecule has 0 fully saturated rings. The topological polar surface area (TPSA) is 95.1 Å². The lowest BCUT2D eigenvalue weighted by atomic mass is 10.0. The second-order valence-electron chi connectivity index (χ2n) is 6.44. The largest absolute Gasteiger partial charge is 0.383 e. The number of hydrogen-bond acceptors (Lipinski definition) is 6. The number of carbonyl (C=O) groups is 1. The van der Waals surface area contributed by atoms with Crippen molar-refractivity contribution in [1.82, 2.24) is 25.2 Å². The first-order chi connectivity index (χ1) is 14.2. The summed E-state index contributed by atoms with van der Waals surface area (Å²) in [7, 11) is 1.59. The summed E-state index contributed by atoms with van der Waals surface area (Å²) in [4.78, 5) is 17.5. The number of pyridine rings is 1. The Balaban J connectivity index is 1.86. The molecular weight excluding hydrogens is 370 g/mol. The fraction of sp³-hybridized carbons (Fsp3) is 0.238. The van der Waals surface area contributed by atoms with Gasteiger partial charge < -0.3 is 14.6 Å². The number of nitrogens with zero attached hydrogens (tertiary/aromatic N) is 4. The van der Waals surface area contributed by atoms with Crippen molar-refractivity contribution < 1.29 is 14.1 Å². The Hall–Kier alpha value is -3.52. The van der Waals surface area contributed by atoms with Crippen LogP contribution in [0.1, 0.15) is 17.3 Å². The zero-order chi connectivity index (χ0) is 20.2. The van der Waals surface area contributed by atoms with E-state index in [1.807, 2.05) is 49.5 Å². The molecule has 0 radical (unpaired) electrons. The van der Waals surface area contributed by atoms with Gasteiger partial charge in [-0.05, 0) is 19.1 Å². The predicted molar refractivity (Wildman–Crippen MR) is 108 cm³/mol. The lowest BCUT2D eigenvalue weighted by Gasteiger charge is -2.08. The molecule has 8 heteroatoms. The summed E-state index contributed by atoms with van der Waals surface area (Å²) < 4.78 is 12.3. The van der Waals surface area contributed by atoms with Crippen molar-refractivity contribution in [2.24, 2.45) is 0 Å². The minimum absolute atomic E-state index is 0.244. The predicted octanol–water partition coefficient (Wildman–Crippen LogP) is 3.15. The quantitative estimate of drug-likeness (QED) is 0.486. The van der Waals surface area contributed by atoms with Gasteiger partial charge in [-0.3, -0.25) is 9.48 Å². The van der Waals surface area contributed by atoms with E-state index in [-0.39, 0.29) is 5.91 Å². The highest BCUT2D eigenvalue weighted by Crippen LogP contribution is 2.32. The van der Waals surface area contributed by atoms with Crippen LogP contribution in [0.2, 0.25) is 0 Å². The van der Waals surface area contributed by atoms with Crippen LogP contribution < -0.4 is 5.32 Å². The minimum atomic E-state index is -0.244. The molecule has 4 aromatic rings. The van der Waals surface area contributed by atoms with E-state index in [0.717, 1.165) is 12.1 Å². The van der Waals surface area contributed by atoms with E-state index in [9.17, 15) is 4.79 Å². The number of benzene rings is 1. The van der Waals surface area contributed by atoms with Crippen LogP contribution in [0.3, 0.4) is 0 Å². The Kier molecular flexibility index (Phi) is 5.35. The third kappa shape index (κ3) is 3.74. The first-order valence-corrected chi connectivity index (χ1v) is 9.38. The Labute approximate surface area is 167 Å². The third-order valence-electron chi connectivity index (χ3n) is 4.56. The van der Waals surface area contributed by atoms with Crippen molar-refractivity contribution in [2.45, 2.75) is 13.5 Å². The third-order valence-corrected chi connectivity index (χ3v) is 4.56. The second-order valence-corrected chi connectivity index (χ2v) is 6.44. The van der Waals surface area contributed by atoms with Gasteiger partial charge in [0.2, 0.25) is 0 Å². The van der Waals surface area contributed by atoms with Crippen molar-refractivity contribution in [3.05, 3.63) is 54.2 Å². The van der Waals surface area contributed by atoms with Crippen LogP contribution in [-0.2, 0) is 11.3 Å². The van der Waals surface area contributed by atoms with Gasteiger partial charge in [0.05, 0.1) is 23.3 Å². The summed E-state index contributed by atoms with van der Waals surface area (Å²) in [6.45, 7) is 3.56. The molecule has 29 heavy (non-hydrogen) atoms. The summed E-state index contributed by atoms with van der Waals surface area (Å²) in [6.07, 6.45) is 1.87. The Bertz CT molecular complexity index is 1130. The Morgan fingerprint density at radius 2 is 2.03 bits per heavy atom. The molecule has 0 saturated carbocycles. The number of aromatic nitrogens is 4. The number of nitrogens with one attached hydrogen (secondary N) is 1. The van der Waals surface area contributed by atoms with E-state index in [1.54, 1.807) is 17.9 Å². The monoisotopic (exact) mass is 391 g/mol. The minimum Gasteiger partial charge on any atom is -0.383 e. The van der Waals surface area contributed by atoms with Crippen LogP contribution in [0, 0.1) is 0 Å². The van der Waals surface area contributed by atoms with Crippen LogP contribution in [0.5, 0.6) is 0 Å². The van der Waals surface area contributed by atoms with Crippen molar-refractivity contribution in [2.75, 3.05) is 20.3 Å². The van der Waals surface area contributed by atoms with Crippen molar-refractivity contribution in [1.29, 1.82) is 0 Å². The number of rotatable bonds is 7. The highest BCUT2D eigenvalue weighted by Gasteiger charge is 2.22. The van der Waals surface area contributed by atoms with Crippen molar-refractivity contribution in [3.63, 3.8) is 0 Å². The summed E-state index contributed by atoms with van der Waals surface area (Å²) in [5.41, 5.74) is 3.38. The zero-order valence-electron chi connectivity index (χ0n) is 16.3. The number of amides is 1. The molecule has 0 atom stereocenters. The highest BCUT2D eigenvalue weighted by molar-refractivity contribution is 6.10. The molecule has 148 valence electrons. The van der Waals surface area contributed by atoms with Gasteiger partial charge in [-0.1, -0.05) is 35.5 Å². The van der Waals surface area contributed by atoms with E-state index in [0.29, 0.717) is 46.9 Å². The van der Waals surface area contributed by atoms with Crippen LogP contribution in [-0.4, -0.2) is 46.1 Å². The number of ether oxygens (including phenoxy) is 1. The maximum absolute atomic E-state index is 13.0. The molecule has 1 aromatic carbocycles. The molecule has 1 amide bonds. The number of methoxy groups -OCH3 is 1. The van der Waals surface area contributed by atoms with Crippen molar-refractivity contribution >= 4 is 17.0 Å². The average Bonchev–Trinajstić information content (AvgIpc) is 3.41. The lowest BCUT2D eigenvalue weighted by molar-refractivity contribution is 0.0938. The van der Waals surface area contributed by atoms with Gasteiger partial charge in [0.25, 0.3) is 11.6 Å². The van der Waals surface area contributed by atoms with Gasteiger partial charge in [-0.15, -0.1) is 0 Å². The SMILES string of the molecule is CCn1ccc(-c2cc(C(=O)NCCOC)c3c(-c4ccccc4)noc3n2)n1. The number of carbonyl (C=O) groups excluding carboxylic acids is 1. The fourth-order valence-corrected chi connectivity index (χ4v) is 3.09. The molecular formula is C21H21N5O3. The van der Waals surface area contributed by atoms with Gasteiger partial charge in [0.1, 0.15) is 11.4 Å². The molecule has 0 spiro atoms. The molecule has 3 aromatic heterocycles. The molecule has 0 bridgehead atoms. The van der Waals surface area contributed by atoms with E-state index in [1.165, 1.54) is 0 Å². The first kappa shape index (κ1) is 18.8. The van der Waals surface area contributed by atoms with E-state index >= 15 is 0 Å².